The van der Waals surface area contributed by atoms with Crippen LogP contribution < -0.4 is 10.6 Å². The summed E-state index contributed by atoms with van der Waals surface area (Å²) in [4.78, 5) is 23.3. The molecule has 10 heteroatoms. The zero-order chi connectivity index (χ0) is 20.0. The number of anilines is 2. The molecule has 1 unspecified atom stereocenters. The first-order valence-electron chi connectivity index (χ1n) is 8.14. The van der Waals surface area contributed by atoms with Gasteiger partial charge >= 0.3 is 6.18 Å². The molecule has 1 aromatic heterocycles. The van der Waals surface area contributed by atoms with Gasteiger partial charge in [0.2, 0.25) is 17.8 Å². The number of hydrogen-bond acceptors (Lipinski definition) is 6. The number of alkyl halides is 3. The number of benzene rings is 1. The van der Waals surface area contributed by atoms with Crippen molar-refractivity contribution >= 4 is 17.8 Å². The van der Waals surface area contributed by atoms with Crippen LogP contribution >= 0.6 is 0 Å². The molecule has 1 heterocycles. The fourth-order valence-electron chi connectivity index (χ4n) is 2.21. The van der Waals surface area contributed by atoms with Gasteiger partial charge in [0.1, 0.15) is 5.82 Å². The van der Waals surface area contributed by atoms with Crippen LogP contribution in [-0.4, -0.2) is 33.5 Å². The summed E-state index contributed by atoms with van der Waals surface area (Å²) < 4.78 is 43.6. The molecule has 146 valence electrons. The molecule has 1 aromatic carbocycles. The fraction of sp³-hybridized carbons (Fsp3) is 0.412. The van der Waals surface area contributed by atoms with Crippen LogP contribution in [0.25, 0.3) is 0 Å². The van der Waals surface area contributed by atoms with E-state index in [1.165, 1.54) is 13.0 Å². The van der Waals surface area contributed by atoms with E-state index in [-0.39, 0.29) is 37.1 Å². The van der Waals surface area contributed by atoms with Crippen molar-refractivity contribution in [3.63, 3.8) is 0 Å². The van der Waals surface area contributed by atoms with Gasteiger partial charge in [-0.05, 0) is 31.5 Å². The highest BCUT2D eigenvalue weighted by molar-refractivity contribution is 5.86. The van der Waals surface area contributed by atoms with E-state index in [0.717, 1.165) is 12.1 Å². The number of rotatable bonds is 7. The molecule has 0 aliphatic heterocycles. The second-order valence-electron chi connectivity index (χ2n) is 5.97. The number of hydrogen-bond donors (Lipinski definition) is 2. The van der Waals surface area contributed by atoms with Crippen LogP contribution in [0.3, 0.4) is 0 Å². The normalized spacial score (nSPS) is 12.5. The smallest absolute Gasteiger partial charge is 0.375 e. The Bertz CT molecular complexity index is 798. The second-order valence-corrected chi connectivity index (χ2v) is 5.97. The zero-order valence-electron chi connectivity index (χ0n) is 15.1. The van der Waals surface area contributed by atoms with Gasteiger partial charge in [-0.1, -0.05) is 12.1 Å². The first-order valence-corrected chi connectivity index (χ1v) is 8.14. The Balaban J connectivity index is 1.89. The lowest BCUT2D eigenvalue weighted by atomic mass is 10.1. The fourth-order valence-corrected chi connectivity index (χ4v) is 2.21. The first-order chi connectivity index (χ1) is 12.6. The van der Waals surface area contributed by atoms with E-state index in [1.807, 2.05) is 6.92 Å². The highest BCUT2D eigenvalue weighted by atomic mass is 19.4. The van der Waals surface area contributed by atoms with Crippen LogP contribution in [0.4, 0.5) is 25.1 Å². The molecule has 0 fully saturated rings. The Morgan fingerprint density at radius 1 is 1.22 bits per heavy atom. The van der Waals surface area contributed by atoms with Gasteiger partial charge in [0, 0.05) is 13.0 Å². The summed E-state index contributed by atoms with van der Waals surface area (Å²) in [5.74, 6) is 0.522. The summed E-state index contributed by atoms with van der Waals surface area (Å²) in [6, 6.07) is 4.78. The van der Waals surface area contributed by atoms with Crippen molar-refractivity contribution in [3.8, 4) is 0 Å². The van der Waals surface area contributed by atoms with Gasteiger partial charge in [-0.3, -0.25) is 10.1 Å². The van der Waals surface area contributed by atoms with E-state index >= 15 is 0 Å². The van der Waals surface area contributed by atoms with Gasteiger partial charge in [0.15, 0.2) is 0 Å². The average Bonchev–Trinajstić information content (AvgIpc) is 2.53. The Kier molecular flexibility index (Phi) is 6.67. The lowest BCUT2D eigenvalue weighted by molar-refractivity contribution is -0.137. The highest BCUT2D eigenvalue weighted by Crippen LogP contribution is 2.29. The summed E-state index contributed by atoms with van der Waals surface area (Å²) in [5, 5.41) is 5.48. The quantitative estimate of drug-likeness (QED) is 0.763. The average molecular weight is 383 g/mol. The number of aromatic nitrogens is 3. The predicted octanol–water partition coefficient (Wildman–Crippen LogP) is 3.17. The van der Waals surface area contributed by atoms with E-state index in [2.05, 4.69) is 25.6 Å². The van der Waals surface area contributed by atoms with E-state index in [9.17, 15) is 18.0 Å². The van der Waals surface area contributed by atoms with Crippen molar-refractivity contribution in [1.82, 2.24) is 15.0 Å². The van der Waals surface area contributed by atoms with Crippen LogP contribution in [0.1, 0.15) is 30.8 Å². The molecule has 0 saturated carbocycles. The van der Waals surface area contributed by atoms with Crippen molar-refractivity contribution in [2.45, 2.75) is 39.6 Å². The zero-order valence-corrected chi connectivity index (χ0v) is 15.1. The number of carbonyl (C=O) groups excluding carboxylic acids is 1. The van der Waals surface area contributed by atoms with Crippen LogP contribution in [-0.2, 0) is 22.3 Å². The minimum absolute atomic E-state index is 0.0450. The molecule has 0 aliphatic carbocycles. The molecule has 0 saturated heterocycles. The van der Waals surface area contributed by atoms with Crippen molar-refractivity contribution in [2.75, 3.05) is 17.2 Å². The van der Waals surface area contributed by atoms with Gasteiger partial charge < -0.3 is 10.1 Å². The minimum Gasteiger partial charge on any atom is -0.375 e. The summed E-state index contributed by atoms with van der Waals surface area (Å²) >= 11 is 0. The summed E-state index contributed by atoms with van der Waals surface area (Å²) in [5.41, 5.74) is -0.276. The number of halogens is 3. The second kappa shape index (κ2) is 8.76. The molecule has 0 aliphatic rings. The Labute approximate surface area is 154 Å². The molecule has 0 radical (unpaired) electrons. The van der Waals surface area contributed by atoms with Gasteiger partial charge in [0.25, 0.3) is 0 Å². The maximum atomic E-state index is 12.7. The summed E-state index contributed by atoms with van der Waals surface area (Å²) in [6.45, 7) is 5.08. The molecular formula is C17H20F3N5O2. The van der Waals surface area contributed by atoms with Gasteiger partial charge in [0.05, 0.1) is 18.8 Å². The third-order valence-electron chi connectivity index (χ3n) is 3.30. The third kappa shape index (κ3) is 6.81. The third-order valence-corrected chi connectivity index (χ3v) is 3.30. The maximum absolute atomic E-state index is 12.7. The van der Waals surface area contributed by atoms with Crippen LogP contribution in [0.5, 0.6) is 0 Å². The lowest BCUT2D eigenvalue weighted by Crippen LogP contribution is -2.24. The number of amides is 1. The summed E-state index contributed by atoms with van der Waals surface area (Å²) in [6.07, 6.45) is -4.38. The monoisotopic (exact) mass is 383 g/mol. The van der Waals surface area contributed by atoms with Crippen molar-refractivity contribution in [1.29, 1.82) is 0 Å². The molecule has 2 N–H and O–H groups in total. The van der Waals surface area contributed by atoms with Crippen LogP contribution in [0, 0.1) is 6.92 Å². The predicted molar refractivity (Wildman–Crippen MR) is 93.1 cm³/mol. The van der Waals surface area contributed by atoms with E-state index in [1.54, 1.807) is 13.0 Å². The van der Waals surface area contributed by atoms with E-state index in [4.69, 9.17) is 4.74 Å². The Hall–Kier alpha value is -2.75. The number of nitrogens with zero attached hydrogens (tertiary/aromatic N) is 3. The maximum Gasteiger partial charge on any atom is 0.416 e. The number of aryl methyl sites for hydroxylation is 1. The highest BCUT2D eigenvalue weighted by Gasteiger charge is 2.30. The van der Waals surface area contributed by atoms with Gasteiger partial charge in [-0.25, -0.2) is 0 Å². The Morgan fingerprint density at radius 2 is 1.93 bits per heavy atom. The van der Waals surface area contributed by atoms with Crippen LogP contribution in [0.2, 0.25) is 0 Å². The lowest BCUT2D eigenvalue weighted by Gasteiger charge is -2.15. The first kappa shape index (κ1) is 20.6. The number of ether oxygens (including phenoxy) is 1. The molecule has 27 heavy (non-hydrogen) atoms. The molecule has 1 atom stereocenters. The van der Waals surface area contributed by atoms with Gasteiger partial charge in [-0.2, -0.15) is 28.1 Å². The topological polar surface area (TPSA) is 89.0 Å². The molecule has 7 nitrogen and oxygen atoms in total. The van der Waals surface area contributed by atoms with E-state index < -0.39 is 11.7 Å². The SMILES string of the molecule is CC(=O)Nc1nc(C)nc(NC(C)COCc2cccc(C(F)(F)F)c2)n1. The number of carbonyl (C=O) groups is 1. The van der Waals surface area contributed by atoms with Crippen molar-refractivity contribution in [3.05, 3.63) is 41.2 Å². The minimum atomic E-state index is -4.38. The molecule has 1 amide bonds. The van der Waals surface area contributed by atoms with Crippen LogP contribution in [0.15, 0.2) is 24.3 Å². The molecule has 2 rings (SSSR count). The Morgan fingerprint density at radius 3 is 2.59 bits per heavy atom. The number of nitrogens with one attached hydrogen (secondary N) is 2. The van der Waals surface area contributed by atoms with Crippen molar-refractivity contribution < 1.29 is 22.7 Å². The molecular weight excluding hydrogens is 363 g/mol. The van der Waals surface area contributed by atoms with Crippen molar-refractivity contribution in [2.24, 2.45) is 0 Å². The molecule has 2 aromatic rings. The van der Waals surface area contributed by atoms with Gasteiger partial charge in [-0.15, -0.1) is 0 Å². The largest absolute Gasteiger partial charge is 0.416 e. The molecule has 0 spiro atoms. The summed E-state index contributed by atoms with van der Waals surface area (Å²) in [7, 11) is 0. The standard InChI is InChI=1S/C17H20F3N5O2/c1-10(21-15-22-11(2)23-16(25-15)24-12(3)26)8-27-9-13-5-4-6-14(7-13)17(18,19)20/h4-7,10H,8-9H2,1-3H3,(H2,21,22,23,24,25,26). The van der Waals surface area contributed by atoms with E-state index in [0.29, 0.717) is 11.4 Å². The molecule has 0 bridgehead atoms.